The molecule has 0 radical (unpaired) electrons. The van der Waals surface area contributed by atoms with Crippen molar-refractivity contribution in [1.29, 1.82) is 0 Å². The molecule has 0 saturated heterocycles. The van der Waals surface area contributed by atoms with Crippen LogP contribution in [-0.2, 0) is 11.3 Å². The molecule has 0 atom stereocenters. The molecule has 3 nitrogen and oxygen atoms in total. The van der Waals surface area contributed by atoms with E-state index >= 15 is 0 Å². The maximum Gasteiger partial charge on any atom is 0.138 e. The van der Waals surface area contributed by atoms with Gasteiger partial charge in [0, 0.05) is 25.8 Å². The number of hydrogen-bond donors (Lipinski definition) is 2. The summed E-state index contributed by atoms with van der Waals surface area (Å²) in [6.45, 7) is 2.00. The lowest BCUT2D eigenvalue weighted by Crippen LogP contribution is -2.18. The second-order valence-electron chi connectivity index (χ2n) is 2.92. The number of rotatable bonds is 5. The van der Waals surface area contributed by atoms with E-state index in [1.165, 1.54) is 0 Å². The molecular weight excluding hydrogens is 202 g/mol. The van der Waals surface area contributed by atoms with E-state index < -0.39 is 0 Å². The molecule has 4 heteroatoms. The number of ether oxygens (including phenoxy) is 1. The number of methoxy groups -OCH3 is 1. The molecule has 0 aromatic heterocycles. The summed E-state index contributed by atoms with van der Waals surface area (Å²) in [5.41, 5.74) is 0.800. The Morgan fingerprint density at radius 3 is 3.00 bits per heavy atom. The molecule has 1 aromatic rings. The topological polar surface area (TPSA) is 41.5 Å². The molecule has 0 bridgehead atoms. The predicted octanol–water partition coefficient (Wildman–Crippen LogP) is 1.78. The van der Waals surface area contributed by atoms with Crippen molar-refractivity contribution in [3.8, 4) is 5.75 Å². The van der Waals surface area contributed by atoms with Gasteiger partial charge in [0.1, 0.15) is 5.75 Å². The minimum atomic E-state index is 0.152. The van der Waals surface area contributed by atoms with Crippen LogP contribution in [0, 0.1) is 0 Å². The van der Waals surface area contributed by atoms with Crippen LogP contribution in [0.1, 0.15) is 5.56 Å². The standard InChI is InChI=1S/C10H14ClNO2/c1-14-6-5-12-7-8-3-2-4-9(11)10(8)13/h2-4,12-13H,5-7H2,1H3. The Labute approximate surface area is 88.7 Å². The molecule has 2 N–H and O–H groups in total. The Balaban J connectivity index is 2.46. The van der Waals surface area contributed by atoms with Crippen LogP contribution in [0.5, 0.6) is 5.75 Å². The molecule has 14 heavy (non-hydrogen) atoms. The molecular formula is C10H14ClNO2. The van der Waals surface area contributed by atoms with Crippen molar-refractivity contribution >= 4 is 11.6 Å². The summed E-state index contributed by atoms with van der Waals surface area (Å²) in [5, 5.41) is 13.1. The molecule has 0 amide bonds. The second kappa shape index (κ2) is 5.86. The number of aromatic hydroxyl groups is 1. The zero-order valence-corrected chi connectivity index (χ0v) is 8.84. The maximum absolute atomic E-state index is 9.55. The van der Waals surface area contributed by atoms with Gasteiger partial charge in [-0.1, -0.05) is 23.7 Å². The molecule has 0 spiro atoms. The number of halogens is 1. The number of nitrogens with one attached hydrogen (secondary N) is 1. The molecule has 0 unspecified atom stereocenters. The van der Waals surface area contributed by atoms with Gasteiger partial charge in [-0.05, 0) is 6.07 Å². The van der Waals surface area contributed by atoms with Gasteiger partial charge in [-0.2, -0.15) is 0 Å². The average Bonchev–Trinajstić information content (AvgIpc) is 2.19. The number of benzene rings is 1. The van der Waals surface area contributed by atoms with Crippen molar-refractivity contribution in [2.75, 3.05) is 20.3 Å². The van der Waals surface area contributed by atoms with Crippen LogP contribution >= 0.6 is 11.6 Å². The highest BCUT2D eigenvalue weighted by molar-refractivity contribution is 6.32. The van der Waals surface area contributed by atoms with Gasteiger partial charge in [0.2, 0.25) is 0 Å². The highest BCUT2D eigenvalue weighted by atomic mass is 35.5. The van der Waals surface area contributed by atoms with Crippen LogP contribution in [0.25, 0.3) is 0 Å². The zero-order valence-electron chi connectivity index (χ0n) is 8.09. The lowest BCUT2D eigenvalue weighted by molar-refractivity contribution is 0.199. The fraction of sp³-hybridized carbons (Fsp3) is 0.400. The summed E-state index contributed by atoms with van der Waals surface area (Å²) in [6.07, 6.45) is 0. The fourth-order valence-electron chi connectivity index (χ4n) is 1.10. The third-order valence-electron chi connectivity index (χ3n) is 1.87. The molecule has 0 heterocycles. The molecule has 1 aromatic carbocycles. The fourth-order valence-corrected chi connectivity index (χ4v) is 1.29. The van der Waals surface area contributed by atoms with E-state index in [1.807, 2.05) is 12.1 Å². The summed E-state index contributed by atoms with van der Waals surface area (Å²) < 4.78 is 4.88. The van der Waals surface area contributed by atoms with Gasteiger partial charge in [-0.25, -0.2) is 0 Å². The normalized spacial score (nSPS) is 10.4. The number of para-hydroxylation sites is 1. The molecule has 0 fully saturated rings. The van der Waals surface area contributed by atoms with Crippen molar-refractivity contribution in [3.63, 3.8) is 0 Å². The Kier molecular flexibility index (Phi) is 4.73. The van der Waals surface area contributed by atoms with Crippen molar-refractivity contribution in [2.24, 2.45) is 0 Å². The van der Waals surface area contributed by atoms with Gasteiger partial charge < -0.3 is 15.2 Å². The Morgan fingerprint density at radius 2 is 2.29 bits per heavy atom. The first kappa shape index (κ1) is 11.3. The Bertz CT molecular complexity index is 291. The van der Waals surface area contributed by atoms with Crippen molar-refractivity contribution in [2.45, 2.75) is 6.54 Å². The zero-order chi connectivity index (χ0) is 10.4. The summed E-state index contributed by atoms with van der Waals surface area (Å²) in [5.74, 6) is 0.152. The third-order valence-corrected chi connectivity index (χ3v) is 2.17. The summed E-state index contributed by atoms with van der Waals surface area (Å²) in [7, 11) is 1.65. The molecule has 1 rings (SSSR count). The largest absolute Gasteiger partial charge is 0.506 e. The molecule has 78 valence electrons. The van der Waals surface area contributed by atoms with Crippen LogP contribution in [-0.4, -0.2) is 25.4 Å². The molecule has 0 saturated carbocycles. The van der Waals surface area contributed by atoms with E-state index in [0.29, 0.717) is 18.2 Å². The first-order chi connectivity index (χ1) is 6.75. The number of hydrogen-bond acceptors (Lipinski definition) is 3. The van der Waals surface area contributed by atoms with E-state index in [2.05, 4.69) is 5.32 Å². The lowest BCUT2D eigenvalue weighted by atomic mass is 10.2. The Hall–Kier alpha value is -0.770. The SMILES string of the molecule is COCCNCc1cccc(Cl)c1O. The van der Waals surface area contributed by atoms with Crippen molar-refractivity contribution < 1.29 is 9.84 Å². The summed E-state index contributed by atoms with van der Waals surface area (Å²) >= 11 is 5.75. The highest BCUT2D eigenvalue weighted by Gasteiger charge is 2.03. The average molecular weight is 216 g/mol. The number of phenolic OH excluding ortho intramolecular Hbond substituents is 1. The van der Waals surface area contributed by atoms with Gasteiger partial charge in [-0.3, -0.25) is 0 Å². The van der Waals surface area contributed by atoms with E-state index in [4.69, 9.17) is 16.3 Å². The van der Waals surface area contributed by atoms with Crippen molar-refractivity contribution in [3.05, 3.63) is 28.8 Å². The first-order valence-electron chi connectivity index (χ1n) is 4.41. The molecule has 0 aliphatic rings. The van der Waals surface area contributed by atoms with Gasteiger partial charge in [0.05, 0.1) is 11.6 Å². The van der Waals surface area contributed by atoms with E-state index in [0.717, 1.165) is 12.1 Å². The third kappa shape index (κ3) is 3.18. The van der Waals surface area contributed by atoms with E-state index in [-0.39, 0.29) is 5.75 Å². The quantitative estimate of drug-likeness (QED) is 0.736. The van der Waals surface area contributed by atoms with Crippen LogP contribution in [0.15, 0.2) is 18.2 Å². The maximum atomic E-state index is 9.55. The van der Waals surface area contributed by atoms with Gasteiger partial charge in [0.25, 0.3) is 0 Å². The van der Waals surface area contributed by atoms with Gasteiger partial charge in [-0.15, -0.1) is 0 Å². The summed E-state index contributed by atoms with van der Waals surface area (Å²) in [4.78, 5) is 0. The smallest absolute Gasteiger partial charge is 0.138 e. The Morgan fingerprint density at radius 1 is 1.50 bits per heavy atom. The van der Waals surface area contributed by atoms with E-state index in [9.17, 15) is 5.11 Å². The van der Waals surface area contributed by atoms with Gasteiger partial charge >= 0.3 is 0 Å². The van der Waals surface area contributed by atoms with Crippen LogP contribution in [0.2, 0.25) is 5.02 Å². The monoisotopic (exact) mass is 215 g/mol. The van der Waals surface area contributed by atoms with Crippen LogP contribution in [0.4, 0.5) is 0 Å². The van der Waals surface area contributed by atoms with Gasteiger partial charge in [0.15, 0.2) is 0 Å². The number of phenols is 1. The minimum absolute atomic E-state index is 0.152. The van der Waals surface area contributed by atoms with Crippen LogP contribution in [0.3, 0.4) is 0 Å². The highest BCUT2D eigenvalue weighted by Crippen LogP contribution is 2.26. The molecule has 0 aliphatic carbocycles. The second-order valence-corrected chi connectivity index (χ2v) is 3.32. The predicted molar refractivity (Wildman–Crippen MR) is 56.7 cm³/mol. The lowest BCUT2D eigenvalue weighted by Gasteiger charge is -2.07. The van der Waals surface area contributed by atoms with Crippen molar-refractivity contribution in [1.82, 2.24) is 5.32 Å². The first-order valence-corrected chi connectivity index (χ1v) is 4.79. The van der Waals surface area contributed by atoms with Crippen LogP contribution < -0.4 is 5.32 Å². The molecule has 0 aliphatic heterocycles. The van der Waals surface area contributed by atoms with E-state index in [1.54, 1.807) is 13.2 Å². The minimum Gasteiger partial charge on any atom is -0.506 e. The summed E-state index contributed by atoms with van der Waals surface area (Å²) in [6, 6.07) is 5.31.